The number of benzene rings is 1. The number of nitrogens with two attached hydrogens (primary N) is 1. The Kier molecular flexibility index (Phi) is 5.39. The van der Waals surface area contributed by atoms with Gasteiger partial charge in [-0.15, -0.1) is 0 Å². The molecule has 3 heterocycles. The van der Waals surface area contributed by atoms with Crippen LogP contribution in [-0.4, -0.2) is 40.5 Å². The Labute approximate surface area is 195 Å². The van der Waals surface area contributed by atoms with Crippen molar-refractivity contribution in [2.45, 2.75) is 31.8 Å². The maximum Gasteiger partial charge on any atom is 0.259 e. The van der Waals surface area contributed by atoms with Gasteiger partial charge in [-0.2, -0.15) is 4.99 Å². The zero-order valence-electron chi connectivity index (χ0n) is 18.8. The van der Waals surface area contributed by atoms with Gasteiger partial charge < -0.3 is 15.0 Å². The number of pyridine rings is 2. The molecule has 1 fully saturated rings. The van der Waals surface area contributed by atoms with Crippen LogP contribution in [0.25, 0.3) is 21.9 Å². The SMILES string of the molecule is COc1ccc(-c2cccc3cc(C(C)N=C4N=C(N)N=CC4=C=N)n(C4CC4)c(=O)c23)cn1. The van der Waals surface area contributed by atoms with Gasteiger partial charge in [0.15, 0.2) is 5.84 Å². The molecule has 2 aromatic heterocycles. The van der Waals surface area contributed by atoms with Crippen molar-refractivity contribution in [1.29, 1.82) is 5.41 Å². The third kappa shape index (κ3) is 3.82. The zero-order valence-corrected chi connectivity index (χ0v) is 18.8. The summed E-state index contributed by atoms with van der Waals surface area (Å²) in [5.74, 6) is 3.16. The molecule has 0 bridgehead atoms. The second kappa shape index (κ2) is 8.53. The molecule has 5 rings (SSSR count). The molecule has 34 heavy (non-hydrogen) atoms. The Morgan fingerprint density at radius 2 is 2.12 bits per heavy atom. The van der Waals surface area contributed by atoms with E-state index >= 15 is 0 Å². The average molecular weight is 454 g/mol. The van der Waals surface area contributed by atoms with E-state index in [1.54, 1.807) is 19.4 Å². The van der Waals surface area contributed by atoms with E-state index < -0.39 is 6.04 Å². The Bertz CT molecular complexity index is 1490. The zero-order chi connectivity index (χ0) is 23.8. The molecule has 3 N–H and O–H groups in total. The van der Waals surface area contributed by atoms with Crippen molar-refractivity contribution in [2.24, 2.45) is 20.7 Å². The van der Waals surface area contributed by atoms with Gasteiger partial charge in [-0.25, -0.2) is 9.98 Å². The molecule has 0 amide bonds. The Balaban J connectivity index is 1.68. The van der Waals surface area contributed by atoms with Crippen LogP contribution in [0.1, 0.15) is 37.5 Å². The number of rotatable bonds is 5. The van der Waals surface area contributed by atoms with Crippen LogP contribution in [0.5, 0.6) is 5.88 Å². The fourth-order valence-electron chi connectivity index (χ4n) is 4.15. The predicted molar refractivity (Wildman–Crippen MR) is 133 cm³/mol. The molecule has 1 saturated carbocycles. The topological polar surface area (TPSA) is 131 Å². The first-order valence-corrected chi connectivity index (χ1v) is 10.9. The quantitative estimate of drug-likeness (QED) is 0.573. The van der Waals surface area contributed by atoms with Crippen LogP contribution in [0.3, 0.4) is 0 Å². The highest BCUT2D eigenvalue weighted by atomic mass is 16.5. The van der Waals surface area contributed by atoms with Gasteiger partial charge in [-0.3, -0.25) is 15.2 Å². The standard InChI is InChI=1S/C25H23N7O2/c1-14(30-23-17(11-26)13-29-25(27)31-23)20-10-15-4-3-5-19(16-6-9-21(34-2)28-12-16)22(15)24(33)32(20)18-7-8-18/h3-6,9-10,12-14,18,26H,7-8H2,1-2H3,(H2,27,30,31). The molecule has 1 aliphatic heterocycles. The molecule has 3 aromatic rings. The summed E-state index contributed by atoms with van der Waals surface area (Å²) in [5.41, 5.74) is 8.49. The number of aliphatic imine (C=N–C) groups is 3. The van der Waals surface area contributed by atoms with Crippen molar-refractivity contribution in [3.63, 3.8) is 0 Å². The minimum atomic E-state index is -0.398. The molecule has 9 nitrogen and oxygen atoms in total. The van der Waals surface area contributed by atoms with Gasteiger partial charge in [0.05, 0.1) is 30.3 Å². The summed E-state index contributed by atoms with van der Waals surface area (Å²) in [4.78, 5) is 30.9. The van der Waals surface area contributed by atoms with Crippen molar-refractivity contribution in [3.05, 3.63) is 64.2 Å². The lowest BCUT2D eigenvalue weighted by Crippen LogP contribution is -2.25. The third-order valence-corrected chi connectivity index (χ3v) is 5.95. The monoisotopic (exact) mass is 453 g/mol. The van der Waals surface area contributed by atoms with Gasteiger partial charge in [-0.05, 0) is 48.7 Å². The molecule has 2 aliphatic rings. The molecule has 170 valence electrons. The van der Waals surface area contributed by atoms with Crippen LogP contribution < -0.4 is 16.0 Å². The number of hydrogen-bond donors (Lipinski definition) is 2. The minimum absolute atomic E-state index is 0.0514. The summed E-state index contributed by atoms with van der Waals surface area (Å²) in [7, 11) is 1.57. The third-order valence-electron chi connectivity index (χ3n) is 5.95. The van der Waals surface area contributed by atoms with Crippen molar-refractivity contribution in [2.75, 3.05) is 7.11 Å². The molecular weight excluding hydrogens is 430 g/mol. The number of ether oxygens (including phenoxy) is 1. The minimum Gasteiger partial charge on any atom is -0.481 e. The predicted octanol–water partition coefficient (Wildman–Crippen LogP) is 3.44. The normalized spacial score (nSPS) is 17.5. The fraction of sp³-hybridized carbons (Fsp3) is 0.240. The number of hydrogen-bond acceptors (Lipinski definition) is 7. The highest BCUT2D eigenvalue weighted by molar-refractivity contribution is 6.27. The lowest BCUT2D eigenvalue weighted by molar-refractivity contribution is 0.398. The van der Waals surface area contributed by atoms with E-state index in [0.29, 0.717) is 16.8 Å². The summed E-state index contributed by atoms with van der Waals surface area (Å²) in [6.45, 7) is 1.91. The number of aromatic nitrogens is 2. The number of nitrogens with one attached hydrogen (secondary N) is 1. The molecule has 1 aromatic carbocycles. The van der Waals surface area contributed by atoms with Crippen LogP contribution in [0.2, 0.25) is 0 Å². The summed E-state index contributed by atoms with van der Waals surface area (Å²) < 4.78 is 7.03. The number of fused-ring (bicyclic) bond motifs is 1. The molecule has 1 atom stereocenters. The van der Waals surface area contributed by atoms with Gasteiger partial charge in [0.1, 0.15) is 0 Å². The van der Waals surface area contributed by atoms with Gasteiger partial charge >= 0.3 is 0 Å². The Morgan fingerprint density at radius 3 is 2.79 bits per heavy atom. The van der Waals surface area contributed by atoms with Crippen LogP contribution in [0.4, 0.5) is 0 Å². The number of methoxy groups -OCH3 is 1. The molecule has 1 aliphatic carbocycles. The highest BCUT2D eigenvalue weighted by Crippen LogP contribution is 2.38. The number of amidine groups is 1. The fourth-order valence-corrected chi connectivity index (χ4v) is 4.15. The van der Waals surface area contributed by atoms with E-state index in [1.165, 1.54) is 6.21 Å². The van der Waals surface area contributed by atoms with Crippen LogP contribution in [0, 0.1) is 5.41 Å². The Morgan fingerprint density at radius 1 is 1.29 bits per heavy atom. The van der Waals surface area contributed by atoms with Crippen LogP contribution in [-0.2, 0) is 0 Å². The molecule has 0 spiro atoms. The van der Waals surface area contributed by atoms with Gasteiger partial charge in [0.2, 0.25) is 11.8 Å². The maximum absolute atomic E-state index is 13.9. The van der Waals surface area contributed by atoms with Crippen molar-refractivity contribution in [1.82, 2.24) is 9.55 Å². The lowest BCUT2D eigenvalue weighted by Gasteiger charge is -2.19. The largest absolute Gasteiger partial charge is 0.481 e. The van der Waals surface area contributed by atoms with Crippen LogP contribution >= 0.6 is 0 Å². The maximum atomic E-state index is 13.9. The van der Waals surface area contributed by atoms with E-state index in [-0.39, 0.29) is 23.4 Å². The number of nitrogens with zero attached hydrogens (tertiary/aromatic N) is 5. The van der Waals surface area contributed by atoms with E-state index in [0.717, 1.165) is 35.0 Å². The van der Waals surface area contributed by atoms with Crippen molar-refractivity contribution >= 4 is 34.7 Å². The van der Waals surface area contributed by atoms with Crippen LogP contribution in [0.15, 0.2) is 67.9 Å². The van der Waals surface area contributed by atoms with Crippen molar-refractivity contribution < 1.29 is 4.74 Å². The van der Waals surface area contributed by atoms with Gasteiger partial charge in [-0.1, -0.05) is 18.2 Å². The van der Waals surface area contributed by atoms with E-state index in [2.05, 4.69) is 25.8 Å². The van der Waals surface area contributed by atoms with E-state index in [1.807, 2.05) is 41.8 Å². The first-order chi connectivity index (χ1) is 16.5. The second-order valence-corrected chi connectivity index (χ2v) is 8.23. The average Bonchev–Trinajstić information content (AvgIpc) is 3.69. The molecule has 0 saturated heterocycles. The van der Waals surface area contributed by atoms with Gasteiger partial charge in [0, 0.05) is 29.6 Å². The first kappa shape index (κ1) is 21.5. The summed E-state index contributed by atoms with van der Waals surface area (Å²) in [5, 5.41) is 8.98. The summed E-state index contributed by atoms with van der Waals surface area (Å²) in [6.07, 6.45) is 5.02. The van der Waals surface area contributed by atoms with Gasteiger partial charge in [0.25, 0.3) is 5.56 Å². The highest BCUT2D eigenvalue weighted by Gasteiger charge is 2.30. The molecule has 1 unspecified atom stereocenters. The van der Waals surface area contributed by atoms with E-state index in [4.69, 9.17) is 15.9 Å². The first-order valence-electron chi connectivity index (χ1n) is 10.9. The smallest absolute Gasteiger partial charge is 0.259 e. The second-order valence-electron chi connectivity index (χ2n) is 8.23. The molecule has 0 radical (unpaired) electrons. The van der Waals surface area contributed by atoms with Crippen molar-refractivity contribution in [3.8, 4) is 17.0 Å². The summed E-state index contributed by atoms with van der Waals surface area (Å²) in [6, 6.07) is 11.2. The van der Waals surface area contributed by atoms with E-state index in [9.17, 15) is 4.79 Å². The molecule has 9 heteroatoms. The molecular formula is C25H23N7O2. The number of guanidine groups is 1. The lowest BCUT2D eigenvalue weighted by atomic mass is 9.99. The Hall–Kier alpha value is -4.36. The summed E-state index contributed by atoms with van der Waals surface area (Å²) >= 11 is 0.